The van der Waals surface area contributed by atoms with E-state index in [4.69, 9.17) is 4.74 Å². The lowest BCUT2D eigenvalue weighted by atomic mass is 9.99. The zero-order valence-corrected chi connectivity index (χ0v) is 13.6. The van der Waals surface area contributed by atoms with E-state index in [1.165, 1.54) is 32.5 Å². The predicted molar refractivity (Wildman–Crippen MR) is 84.2 cm³/mol. The van der Waals surface area contributed by atoms with Crippen molar-refractivity contribution >= 4 is 0 Å². The summed E-state index contributed by atoms with van der Waals surface area (Å²) in [5, 5.41) is 3.64. The van der Waals surface area contributed by atoms with Gasteiger partial charge >= 0.3 is 0 Å². The Kier molecular flexibility index (Phi) is 6.75. The van der Waals surface area contributed by atoms with Crippen molar-refractivity contribution in [1.82, 2.24) is 15.1 Å². The fourth-order valence-corrected chi connectivity index (χ4v) is 3.40. The molecule has 118 valence electrons. The molecule has 20 heavy (non-hydrogen) atoms. The summed E-state index contributed by atoms with van der Waals surface area (Å²) in [7, 11) is 0. The Morgan fingerprint density at radius 1 is 1.20 bits per heavy atom. The maximum atomic E-state index is 5.41. The Balaban J connectivity index is 1.72. The summed E-state index contributed by atoms with van der Waals surface area (Å²) in [5.41, 5.74) is 0. The van der Waals surface area contributed by atoms with Crippen molar-refractivity contribution in [3.63, 3.8) is 0 Å². The quantitative estimate of drug-likeness (QED) is 0.798. The van der Waals surface area contributed by atoms with Crippen LogP contribution in [-0.4, -0.2) is 74.4 Å². The normalized spacial score (nSPS) is 30.0. The van der Waals surface area contributed by atoms with Crippen molar-refractivity contribution in [2.24, 2.45) is 5.92 Å². The van der Waals surface area contributed by atoms with Crippen LogP contribution in [0, 0.1) is 5.92 Å². The minimum atomic E-state index is 0.641. The fraction of sp³-hybridized carbons (Fsp3) is 1.00. The van der Waals surface area contributed by atoms with Gasteiger partial charge in [0.05, 0.1) is 13.2 Å². The van der Waals surface area contributed by atoms with Gasteiger partial charge in [-0.2, -0.15) is 0 Å². The first-order chi connectivity index (χ1) is 9.65. The minimum absolute atomic E-state index is 0.641. The Morgan fingerprint density at radius 2 is 1.95 bits per heavy atom. The van der Waals surface area contributed by atoms with E-state index in [0.717, 1.165) is 44.8 Å². The number of rotatable bonds is 6. The van der Waals surface area contributed by atoms with Crippen molar-refractivity contribution in [2.75, 3.05) is 52.5 Å². The molecule has 0 bridgehead atoms. The summed E-state index contributed by atoms with van der Waals surface area (Å²) in [4.78, 5) is 5.27. The first kappa shape index (κ1) is 16.2. The molecule has 0 aromatic heterocycles. The molecule has 0 saturated carbocycles. The summed E-state index contributed by atoms with van der Waals surface area (Å²) in [5.74, 6) is 0.789. The molecule has 0 aromatic carbocycles. The van der Waals surface area contributed by atoms with Crippen molar-refractivity contribution in [2.45, 2.75) is 45.7 Å². The summed E-state index contributed by atoms with van der Waals surface area (Å²) in [6.07, 6.45) is 2.61. The molecule has 4 nitrogen and oxygen atoms in total. The zero-order chi connectivity index (χ0) is 14.4. The molecule has 2 atom stereocenters. The molecule has 0 aliphatic carbocycles. The molecular weight excluding hydrogens is 250 g/mol. The van der Waals surface area contributed by atoms with E-state index in [0.29, 0.717) is 6.04 Å². The van der Waals surface area contributed by atoms with Gasteiger partial charge in [-0.1, -0.05) is 13.8 Å². The number of ether oxygens (including phenoxy) is 1. The molecule has 2 unspecified atom stereocenters. The second-order valence-electron chi connectivity index (χ2n) is 6.90. The lowest BCUT2D eigenvalue weighted by Crippen LogP contribution is -2.56. The van der Waals surface area contributed by atoms with E-state index in [2.05, 4.69) is 35.9 Å². The highest BCUT2D eigenvalue weighted by Crippen LogP contribution is 2.16. The Morgan fingerprint density at radius 3 is 2.65 bits per heavy atom. The van der Waals surface area contributed by atoms with Crippen LogP contribution in [0.15, 0.2) is 0 Å². The van der Waals surface area contributed by atoms with Gasteiger partial charge in [0.2, 0.25) is 0 Å². The van der Waals surface area contributed by atoms with Crippen LogP contribution in [0.4, 0.5) is 0 Å². The average Bonchev–Trinajstić information content (AvgIpc) is 2.42. The molecule has 0 aromatic rings. The van der Waals surface area contributed by atoms with Crippen LogP contribution in [0.1, 0.15) is 33.6 Å². The SMILES string of the molecule is CC(C)CC1CNC(C)CN1CCCN1CCOCC1. The highest BCUT2D eigenvalue weighted by Gasteiger charge is 2.25. The van der Waals surface area contributed by atoms with Gasteiger partial charge in [0.1, 0.15) is 0 Å². The van der Waals surface area contributed by atoms with Gasteiger partial charge in [-0.15, -0.1) is 0 Å². The van der Waals surface area contributed by atoms with Crippen LogP contribution in [0.3, 0.4) is 0 Å². The maximum Gasteiger partial charge on any atom is 0.0594 e. The molecule has 2 aliphatic rings. The molecule has 0 amide bonds. The second kappa shape index (κ2) is 8.32. The maximum absolute atomic E-state index is 5.41. The number of hydrogen-bond donors (Lipinski definition) is 1. The van der Waals surface area contributed by atoms with Crippen LogP contribution >= 0.6 is 0 Å². The van der Waals surface area contributed by atoms with Crippen LogP contribution in [0.2, 0.25) is 0 Å². The Hall–Kier alpha value is -0.160. The third kappa shape index (κ3) is 5.32. The van der Waals surface area contributed by atoms with Gasteiger partial charge in [0.15, 0.2) is 0 Å². The van der Waals surface area contributed by atoms with Gasteiger partial charge in [0, 0.05) is 38.3 Å². The number of nitrogens with zero attached hydrogens (tertiary/aromatic N) is 2. The van der Waals surface area contributed by atoms with E-state index >= 15 is 0 Å². The lowest BCUT2D eigenvalue weighted by Gasteiger charge is -2.40. The zero-order valence-electron chi connectivity index (χ0n) is 13.6. The molecule has 2 rings (SSSR count). The van der Waals surface area contributed by atoms with E-state index < -0.39 is 0 Å². The number of piperazine rings is 1. The summed E-state index contributed by atoms with van der Waals surface area (Å²) in [6.45, 7) is 15.9. The van der Waals surface area contributed by atoms with E-state index in [1.807, 2.05) is 0 Å². The fourth-order valence-electron chi connectivity index (χ4n) is 3.40. The topological polar surface area (TPSA) is 27.7 Å². The third-order valence-electron chi connectivity index (χ3n) is 4.49. The standard InChI is InChI=1S/C16H33N3O/c1-14(2)11-16-12-17-15(3)13-19(16)6-4-5-18-7-9-20-10-8-18/h14-17H,4-13H2,1-3H3. The Bertz CT molecular complexity index is 266. The van der Waals surface area contributed by atoms with Crippen molar-refractivity contribution in [3.05, 3.63) is 0 Å². The highest BCUT2D eigenvalue weighted by molar-refractivity contribution is 4.84. The van der Waals surface area contributed by atoms with Crippen molar-refractivity contribution in [1.29, 1.82) is 0 Å². The summed E-state index contributed by atoms with van der Waals surface area (Å²) < 4.78 is 5.41. The first-order valence-electron chi connectivity index (χ1n) is 8.42. The van der Waals surface area contributed by atoms with Gasteiger partial charge < -0.3 is 10.1 Å². The molecule has 4 heteroatoms. The van der Waals surface area contributed by atoms with Crippen LogP contribution in [0.5, 0.6) is 0 Å². The largest absolute Gasteiger partial charge is 0.379 e. The molecule has 2 saturated heterocycles. The van der Waals surface area contributed by atoms with Gasteiger partial charge in [-0.05, 0) is 38.8 Å². The minimum Gasteiger partial charge on any atom is -0.379 e. The number of hydrogen-bond acceptors (Lipinski definition) is 4. The molecule has 2 fully saturated rings. The van der Waals surface area contributed by atoms with E-state index in [1.54, 1.807) is 0 Å². The highest BCUT2D eigenvalue weighted by atomic mass is 16.5. The summed E-state index contributed by atoms with van der Waals surface area (Å²) in [6, 6.07) is 1.37. The van der Waals surface area contributed by atoms with Crippen molar-refractivity contribution in [3.8, 4) is 0 Å². The lowest BCUT2D eigenvalue weighted by molar-refractivity contribution is 0.0339. The average molecular weight is 283 g/mol. The number of morpholine rings is 1. The Labute approximate surface area is 124 Å². The first-order valence-corrected chi connectivity index (χ1v) is 8.42. The molecule has 2 heterocycles. The predicted octanol–water partition coefficient (Wildman–Crippen LogP) is 1.42. The molecule has 0 radical (unpaired) electrons. The van der Waals surface area contributed by atoms with E-state index in [9.17, 15) is 0 Å². The van der Waals surface area contributed by atoms with Gasteiger partial charge in [-0.3, -0.25) is 9.80 Å². The summed E-state index contributed by atoms with van der Waals surface area (Å²) >= 11 is 0. The monoisotopic (exact) mass is 283 g/mol. The van der Waals surface area contributed by atoms with Crippen LogP contribution in [-0.2, 0) is 4.74 Å². The molecule has 0 spiro atoms. The van der Waals surface area contributed by atoms with Gasteiger partial charge in [-0.25, -0.2) is 0 Å². The molecular formula is C16H33N3O. The van der Waals surface area contributed by atoms with Gasteiger partial charge in [0.25, 0.3) is 0 Å². The second-order valence-corrected chi connectivity index (χ2v) is 6.90. The smallest absolute Gasteiger partial charge is 0.0594 e. The van der Waals surface area contributed by atoms with Crippen LogP contribution in [0.25, 0.3) is 0 Å². The third-order valence-corrected chi connectivity index (χ3v) is 4.49. The molecule has 1 N–H and O–H groups in total. The van der Waals surface area contributed by atoms with Crippen molar-refractivity contribution < 1.29 is 4.74 Å². The van der Waals surface area contributed by atoms with Crippen LogP contribution < -0.4 is 5.32 Å². The molecule has 2 aliphatic heterocycles. The van der Waals surface area contributed by atoms with E-state index in [-0.39, 0.29) is 0 Å². The number of nitrogens with one attached hydrogen (secondary N) is 1.